The van der Waals surface area contributed by atoms with Gasteiger partial charge in [-0.2, -0.15) is 0 Å². The summed E-state index contributed by atoms with van der Waals surface area (Å²) in [5.74, 6) is 0. The zero-order chi connectivity index (χ0) is 15.4. The van der Waals surface area contributed by atoms with Gasteiger partial charge in [0.15, 0.2) is 0 Å². The highest BCUT2D eigenvalue weighted by Crippen LogP contribution is 2.29. The van der Waals surface area contributed by atoms with Gasteiger partial charge in [-0.1, -0.05) is 58.7 Å². The van der Waals surface area contributed by atoms with Crippen molar-refractivity contribution in [2.75, 3.05) is 6.54 Å². The van der Waals surface area contributed by atoms with Gasteiger partial charge in [-0.05, 0) is 61.2 Å². The number of aryl methyl sites for hydroxylation is 2. The molecule has 0 bridgehead atoms. The smallest absolute Gasteiger partial charge is 0.0465 e. The molecule has 0 fully saturated rings. The fraction of sp³-hybridized carbons (Fsp3) is 0.333. The standard InChI is InChI=1S/C18H21BrClN/c1-4-21-18(16-8-7-15(19)11-17(16)20)10-14-6-5-12(2)13(3)9-14/h5-9,11,18,21H,4,10H2,1-3H3. The monoisotopic (exact) mass is 365 g/mol. The Morgan fingerprint density at radius 2 is 1.86 bits per heavy atom. The molecule has 1 atom stereocenters. The molecule has 2 aromatic carbocycles. The van der Waals surface area contributed by atoms with E-state index in [-0.39, 0.29) is 6.04 Å². The van der Waals surface area contributed by atoms with Gasteiger partial charge < -0.3 is 5.32 Å². The van der Waals surface area contributed by atoms with E-state index in [2.05, 4.69) is 66.3 Å². The first-order chi connectivity index (χ1) is 10.0. The van der Waals surface area contributed by atoms with Crippen molar-refractivity contribution < 1.29 is 0 Å². The van der Waals surface area contributed by atoms with E-state index < -0.39 is 0 Å². The molecule has 1 N–H and O–H groups in total. The molecule has 112 valence electrons. The Bertz CT molecular complexity index is 625. The normalized spacial score (nSPS) is 12.4. The third-order valence-electron chi connectivity index (χ3n) is 3.80. The molecule has 1 nitrogen and oxygen atoms in total. The summed E-state index contributed by atoms with van der Waals surface area (Å²) in [5, 5.41) is 4.35. The summed E-state index contributed by atoms with van der Waals surface area (Å²) in [5.41, 5.74) is 5.16. The molecule has 21 heavy (non-hydrogen) atoms. The van der Waals surface area contributed by atoms with E-state index in [0.717, 1.165) is 28.0 Å². The van der Waals surface area contributed by atoms with Crippen molar-refractivity contribution in [3.8, 4) is 0 Å². The van der Waals surface area contributed by atoms with Crippen LogP contribution in [0.5, 0.6) is 0 Å². The van der Waals surface area contributed by atoms with Crippen LogP contribution in [0.4, 0.5) is 0 Å². The molecule has 0 amide bonds. The van der Waals surface area contributed by atoms with Crippen LogP contribution < -0.4 is 5.32 Å². The number of halogens is 2. The summed E-state index contributed by atoms with van der Waals surface area (Å²) in [7, 11) is 0. The first kappa shape index (κ1) is 16.5. The Kier molecular flexibility index (Phi) is 5.86. The number of rotatable bonds is 5. The fourth-order valence-corrected chi connectivity index (χ4v) is 3.29. The molecule has 0 aliphatic carbocycles. The zero-order valence-corrected chi connectivity index (χ0v) is 15.1. The van der Waals surface area contributed by atoms with E-state index in [4.69, 9.17) is 11.6 Å². The maximum absolute atomic E-state index is 6.41. The molecule has 2 aromatic rings. The molecule has 0 radical (unpaired) electrons. The van der Waals surface area contributed by atoms with Gasteiger partial charge in [0, 0.05) is 15.5 Å². The second kappa shape index (κ2) is 7.44. The van der Waals surface area contributed by atoms with Gasteiger partial charge in [-0.3, -0.25) is 0 Å². The van der Waals surface area contributed by atoms with Gasteiger partial charge in [-0.15, -0.1) is 0 Å². The molecule has 0 aliphatic rings. The van der Waals surface area contributed by atoms with Crippen molar-refractivity contribution in [1.82, 2.24) is 5.32 Å². The first-order valence-electron chi connectivity index (χ1n) is 7.25. The summed E-state index contributed by atoms with van der Waals surface area (Å²) in [6, 6.07) is 13.0. The average Bonchev–Trinajstić information content (AvgIpc) is 2.42. The topological polar surface area (TPSA) is 12.0 Å². The molecule has 0 aromatic heterocycles. The summed E-state index contributed by atoms with van der Waals surface area (Å²) < 4.78 is 1.01. The van der Waals surface area contributed by atoms with E-state index in [1.165, 1.54) is 16.7 Å². The van der Waals surface area contributed by atoms with Gasteiger partial charge in [0.1, 0.15) is 0 Å². The quantitative estimate of drug-likeness (QED) is 0.725. The highest BCUT2D eigenvalue weighted by atomic mass is 79.9. The van der Waals surface area contributed by atoms with Crippen molar-refractivity contribution in [3.05, 3.63) is 68.1 Å². The third-order valence-corrected chi connectivity index (χ3v) is 4.62. The van der Waals surface area contributed by atoms with E-state index in [1.54, 1.807) is 0 Å². The average molecular weight is 367 g/mol. The van der Waals surface area contributed by atoms with E-state index >= 15 is 0 Å². The molecular formula is C18H21BrClN. The lowest BCUT2D eigenvalue weighted by molar-refractivity contribution is 0.550. The van der Waals surface area contributed by atoms with Crippen molar-refractivity contribution >= 4 is 27.5 Å². The molecule has 0 saturated heterocycles. The van der Waals surface area contributed by atoms with Gasteiger partial charge in [-0.25, -0.2) is 0 Å². The number of nitrogens with one attached hydrogen (secondary N) is 1. The lowest BCUT2D eigenvalue weighted by Crippen LogP contribution is -2.23. The first-order valence-corrected chi connectivity index (χ1v) is 8.42. The fourth-order valence-electron chi connectivity index (χ4n) is 2.49. The molecule has 1 unspecified atom stereocenters. The van der Waals surface area contributed by atoms with Crippen molar-refractivity contribution in [2.24, 2.45) is 0 Å². The van der Waals surface area contributed by atoms with Crippen LogP contribution in [0.15, 0.2) is 40.9 Å². The van der Waals surface area contributed by atoms with Crippen molar-refractivity contribution in [1.29, 1.82) is 0 Å². The molecule has 2 rings (SSSR count). The lowest BCUT2D eigenvalue weighted by Gasteiger charge is -2.20. The van der Waals surface area contributed by atoms with E-state index in [9.17, 15) is 0 Å². The Balaban J connectivity index is 2.28. The Hall–Kier alpha value is -0.830. The van der Waals surface area contributed by atoms with Crippen LogP contribution in [0.25, 0.3) is 0 Å². The minimum Gasteiger partial charge on any atom is -0.310 e. The van der Waals surface area contributed by atoms with Gasteiger partial charge in [0.05, 0.1) is 0 Å². The molecule has 0 saturated carbocycles. The minimum atomic E-state index is 0.234. The summed E-state index contributed by atoms with van der Waals surface area (Å²) in [6.07, 6.45) is 0.941. The van der Waals surface area contributed by atoms with Gasteiger partial charge in [0.25, 0.3) is 0 Å². The predicted octanol–water partition coefficient (Wildman–Crippen LogP) is 5.61. The second-order valence-corrected chi connectivity index (χ2v) is 6.72. The Morgan fingerprint density at radius 1 is 1.10 bits per heavy atom. The molecule has 3 heteroatoms. The minimum absolute atomic E-state index is 0.234. The predicted molar refractivity (Wildman–Crippen MR) is 95.2 cm³/mol. The van der Waals surface area contributed by atoms with Crippen LogP contribution in [0, 0.1) is 13.8 Å². The van der Waals surface area contributed by atoms with Crippen LogP contribution in [-0.2, 0) is 6.42 Å². The second-order valence-electron chi connectivity index (χ2n) is 5.40. The molecule has 0 spiro atoms. The third kappa shape index (κ3) is 4.32. The molecule has 0 heterocycles. The summed E-state index contributed by atoms with van der Waals surface area (Å²) in [4.78, 5) is 0. The molecule has 0 aliphatic heterocycles. The van der Waals surface area contributed by atoms with E-state index in [0.29, 0.717) is 0 Å². The van der Waals surface area contributed by atoms with Crippen LogP contribution in [0.2, 0.25) is 5.02 Å². The Morgan fingerprint density at radius 3 is 2.48 bits per heavy atom. The zero-order valence-electron chi connectivity index (χ0n) is 12.7. The number of hydrogen-bond acceptors (Lipinski definition) is 1. The van der Waals surface area contributed by atoms with Crippen molar-refractivity contribution in [3.63, 3.8) is 0 Å². The highest BCUT2D eigenvalue weighted by Gasteiger charge is 2.15. The van der Waals surface area contributed by atoms with Crippen molar-refractivity contribution in [2.45, 2.75) is 33.2 Å². The lowest BCUT2D eigenvalue weighted by atomic mass is 9.96. The van der Waals surface area contributed by atoms with Crippen LogP contribution in [0.1, 0.15) is 35.2 Å². The largest absolute Gasteiger partial charge is 0.310 e. The summed E-state index contributed by atoms with van der Waals surface area (Å²) in [6.45, 7) is 7.35. The highest BCUT2D eigenvalue weighted by molar-refractivity contribution is 9.10. The number of likely N-dealkylation sites (N-methyl/N-ethyl adjacent to an activating group) is 1. The van der Waals surface area contributed by atoms with Crippen LogP contribution in [-0.4, -0.2) is 6.54 Å². The van der Waals surface area contributed by atoms with Gasteiger partial charge in [0.2, 0.25) is 0 Å². The summed E-state index contributed by atoms with van der Waals surface area (Å²) >= 11 is 9.88. The Labute approximate surface area is 140 Å². The maximum atomic E-state index is 6.41. The maximum Gasteiger partial charge on any atom is 0.0465 e. The SMILES string of the molecule is CCNC(Cc1ccc(C)c(C)c1)c1ccc(Br)cc1Cl. The van der Waals surface area contributed by atoms with E-state index in [1.807, 2.05) is 12.1 Å². The molecular weight excluding hydrogens is 346 g/mol. The number of hydrogen-bond donors (Lipinski definition) is 1. The van der Waals surface area contributed by atoms with Crippen LogP contribution >= 0.6 is 27.5 Å². The number of benzene rings is 2. The van der Waals surface area contributed by atoms with Crippen LogP contribution in [0.3, 0.4) is 0 Å². The van der Waals surface area contributed by atoms with Gasteiger partial charge >= 0.3 is 0 Å².